The van der Waals surface area contributed by atoms with E-state index in [0.717, 1.165) is 10.9 Å². The van der Waals surface area contributed by atoms with Crippen LogP contribution in [-0.4, -0.2) is 19.7 Å². The Morgan fingerprint density at radius 1 is 1.33 bits per heavy atom. The highest BCUT2D eigenvalue weighted by Crippen LogP contribution is 2.23. The van der Waals surface area contributed by atoms with Crippen LogP contribution in [-0.2, 0) is 13.7 Å². The van der Waals surface area contributed by atoms with Gasteiger partial charge < -0.3 is 10.5 Å². The Morgan fingerprint density at radius 2 is 2.14 bits per heavy atom. The summed E-state index contributed by atoms with van der Waals surface area (Å²) in [6, 6.07) is 5.49. The number of nitrogens with zero attached hydrogens (tertiary/aromatic N) is 4. The number of hydrogen-bond acceptors (Lipinski definition) is 5. The highest BCUT2D eigenvalue weighted by atomic mass is 35.5. The molecule has 1 aromatic carbocycles. The first kappa shape index (κ1) is 13.6. The Labute approximate surface area is 126 Å². The number of nitrogen functional groups attached to an aromatic ring is 1. The monoisotopic (exact) mass is 303 g/mol. The number of halogens is 1. The number of ether oxygens (including phenoxy) is 1. The number of nitrogens with two attached hydrogens (primary N) is 1. The van der Waals surface area contributed by atoms with Crippen LogP contribution in [0.1, 0.15) is 11.4 Å². The summed E-state index contributed by atoms with van der Waals surface area (Å²) in [6.07, 6.45) is 1.65. The minimum Gasteiger partial charge on any atom is -0.485 e. The van der Waals surface area contributed by atoms with E-state index >= 15 is 0 Å². The van der Waals surface area contributed by atoms with Crippen molar-refractivity contribution in [2.24, 2.45) is 7.05 Å². The summed E-state index contributed by atoms with van der Waals surface area (Å²) in [6.45, 7) is 2.16. The van der Waals surface area contributed by atoms with Gasteiger partial charge >= 0.3 is 0 Å². The third-order valence-corrected chi connectivity index (χ3v) is 3.41. The zero-order valence-electron chi connectivity index (χ0n) is 11.7. The van der Waals surface area contributed by atoms with Crippen LogP contribution in [0.3, 0.4) is 0 Å². The fourth-order valence-corrected chi connectivity index (χ4v) is 2.19. The molecule has 0 aliphatic carbocycles. The SMILES string of the molecule is Cc1ccc(Cl)cc1OCc1nc(N)c2cnn(C)c2n1. The Balaban J connectivity index is 1.88. The van der Waals surface area contributed by atoms with Gasteiger partial charge in [-0.05, 0) is 24.6 Å². The maximum absolute atomic E-state index is 5.97. The molecule has 108 valence electrons. The minimum absolute atomic E-state index is 0.215. The molecule has 0 aliphatic rings. The molecule has 0 saturated carbocycles. The predicted molar refractivity (Wildman–Crippen MR) is 81.2 cm³/mol. The maximum Gasteiger partial charge on any atom is 0.170 e. The topological polar surface area (TPSA) is 78.9 Å². The van der Waals surface area contributed by atoms with E-state index in [0.29, 0.717) is 28.1 Å². The first-order chi connectivity index (χ1) is 10.0. The normalized spacial score (nSPS) is 11.0. The van der Waals surface area contributed by atoms with Crippen molar-refractivity contribution >= 4 is 28.5 Å². The highest BCUT2D eigenvalue weighted by molar-refractivity contribution is 6.30. The quantitative estimate of drug-likeness (QED) is 0.804. The van der Waals surface area contributed by atoms with E-state index in [4.69, 9.17) is 22.1 Å². The number of benzene rings is 1. The van der Waals surface area contributed by atoms with Crippen LogP contribution in [0.25, 0.3) is 11.0 Å². The lowest BCUT2D eigenvalue weighted by Crippen LogP contribution is -2.06. The van der Waals surface area contributed by atoms with Crippen molar-refractivity contribution in [3.8, 4) is 5.75 Å². The molecule has 2 heterocycles. The second-order valence-corrected chi connectivity index (χ2v) is 5.17. The number of rotatable bonds is 3. The second kappa shape index (κ2) is 5.21. The van der Waals surface area contributed by atoms with Gasteiger partial charge in [0.05, 0.1) is 11.6 Å². The van der Waals surface area contributed by atoms with E-state index in [1.807, 2.05) is 19.1 Å². The molecule has 7 heteroatoms. The molecule has 0 saturated heterocycles. The van der Waals surface area contributed by atoms with E-state index in [2.05, 4.69) is 15.1 Å². The molecular weight excluding hydrogens is 290 g/mol. The lowest BCUT2D eigenvalue weighted by atomic mass is 10.2. The largest absolute Gasteiger partial charge is 0.485 e. The van der Waals surface area contributed by atoms with E-state index in [1.165, 1.54) is 0 Å². The van der Waals surface area contributed by atoms with Gasteiger partial charge in [-0.3, -0.25) is 4.68 Å². The summed E-state index contributed by atoms with van der Waals surface area (Å²) >= 11 is 5.97. The summed E-state index contributed by atoms with van der Waals surface area (Å²) in [4.78, 5) is 8.65. The van der Waals surface area contributed by atoms with Crippen molar-refractivity contribution in [1.82, 2.24) is 19.7 Å². The molecule has 2 N–H and O–H groups in total. The van der Waals surface area contributed by atoms with Crippen LogP contribution in [0.5, 0.6) is 5.75 Å². The number of fused-ring (bicyclic) bond motifs is 1. The smallest absolute Gasteiger partial charge is 0.170 e. The molecule has 21 heavy (non-hydrogen) atoms. The summed E-state index contributed by atoms with van der Waals surface area (Å²) in [7, 11) is 1.81. The molecule has 3 rings (SSSR count). The number of hydrogen-bond donors (Lipinski definition) is 1. The first-order valence-electron chi connectivity index (χ1n) is 6.37. The molecular formula is C14H14ClN5O. The summed E-state index contributed by atoms with van der Waals surface area (Å²) in [5.41, 5.74) is 7.59. The van der Waals surface area contributed by atoms with Gasteiger partial charge in [0, 0.05) is 12.1 Å². The molecule has 0 aliphatic heterocycles. The molecule has 0 bridgehead atoms. The van der Waals surface area contributed by atoms with Gasteiger partial charge in [0.25, 0.3) is 0 Å². The van der Waals surface area contributed by atoms with E-state index in [1.54, 1.807) is 24.0 Å². The van der Waals surface area contributed by atoms with Gasteiger partial charge in [-0.2, -0.15) is 5.10 Å². The van der Waals surface area contributed by atoms with Crippen molar-refractivity contribution in [2.45, 2.75) is 13.5 Å². The Kier molecular flexibility index (Phi) is 3.39. The zero-order chi connectivity index (χ0) is 15.0. The van der Waals surface area contributed by atoms with Crippen LogP contribution >= 0.6 is 11.6 Å². The summed E-state index contributed by atoms with van der Waals surface area (Å²) < 4.78 is 7.38. The van der Waals surface area contributed by atoms with E-state index < -0.39 is 0 Å². The van der Waals surface area contributed by atoms with Gasteiger partial charge in [-0.15, -0.1) is 0 Å². The third-order valence-electron chi connectivity index (χ3n) is 3.17. The summed E-state index contributed by atoms with van der Waals surface area (Å²) in [5, 5.41) is 5.48. The van der Waals surface area contributed by atoms with Gasteiger partial charge in [0.2, 0.25) is 0 Å². The Morgan fingerprint density at radius 3 is 2.95 bits per heavy atom. The molecule has 0 unspecified atom stereocenters. The lowest BCUT2D eigenvalue weighted by Gasteiger charge is -2.09. The van der Waals surface area contributed by atoms with Crippen LogP contribution in [0, 0.1) is 6.92 Å². The fourth-order valence-electron chi connectivity index (χ4n) is 2.03. The van der Waals surface area contributed by atoms with Crippen LogP contribution < -0.4 is 10.5 Å². The third kappa shape index (κ3) is 2.62. The molecule has 2 aromatic heterocycles. The lowest BCUT2D eigenvalue weighted by molar-refractivity contribution is 0.294. The standard InChI is InChI=1S/C14H14ClN5O/c1-8-3-4-9(15)5-11(8)21-7-12-18-13(16)10-6-17-20(2)14(10)19-12/h3-6H,7H2,1-2H3,(H2,16,18,19). The second-order valence-electron chi connectivity index (χ2n) is 4.73. The average Bonchev–Trinajstić information content (AvgIpc) is 2.82. The average molecular weight is 304 g/mol. The number of aryl methyl sites for hydroxylation is 2. The van der Waals surface area contributed by atoms with Crippen LogP contribution in [0.4, 0.5) is 5.82 Å². The Bertz CT molecular complexity index is 814. The summed E-state index contributed by atoms with van der Waals surface area (Å²) in [5.74, 6) is 1.60. The first-order valence-corrected chi connectivity index (χ1v) is 6.75. The molecule has 0 amide bonds. The van der Waals surface area contributed by atoms with Crippen molar-refractivity contribution in [3.63, 3.8) is 0 Å². The molecule has 0 atom stereocenters. The van der Waals surface area contributed by atoms with Crippen molar-refractivity contribution < 1.29 is 4.74 Å². The van der Waals surface area contributed by atoms with Crippen LogP contribution in [0.15, 0.2) is 24.4 Å². The predicted octanol–water partition coefficient (Wildman–Crippen LogP) is 2.49. The van der Waals surface area contributed by atoms with Crippen molar-refractivity contribution in [2.75, 3.05) is 5.73 Å². The van der Waals surface area contributed by atoms with Gasteiger partial charge in [-0.25, -0.2) is 9.97 Å². The zero-order valence-corrected chi connectivity index (χ0v) is 12.4. The molecule has 3 aromatic rings. The Hall–Kier alpha value is -2.34. The van der Waals surface area contributed by atoms with E-state index in [-0.39, 0.29) is 6.61 Å². The highest BCUT2D eigenvalue weighted by Gasteiger charge is 2.10. The fraction of sp³-hybridized carbons (Fsp3) is 0.214. The van der Waals surface area contributed by atoms with Gasteiger partial charge in [0.1, 0.15) is 18.2 Å². The number of anilines is 1. The minimum atomic E-state index is 0.215. The molecule has 6 nitrogen and oxygen atoms in total. The van der Waals surface area contributed by atoms with E-state index in [9.17, 15) is 0 Å². The van der Waals surface area contributed by atoms with Gasteiger partial charge in [-0.1, -0.05) is 17.7 Å². The van der Waals surface area contributed by atoms with Crippen LogP contribution in [0.2, 0.25) is 5.02 Å². The van der Waals surface area contributed by atoms with Gasteiger partial charge in [0.15, 0.2) is 11.5 Å². The molecule has 0 fully saturated rings. The van der Waals surface area contributed by atoms with Crippen molar-refractivity contribution in [3.05, 3.63) is 40.8 Å². The maximum atomic E-state index is 5.97. The van der Waals surface area contributed by atoms with Crippen molar-refractivity contribution in [1.29, 1.82) is 0 Å². The molecule has 0 radical (unpaired) electrons. The number of aromatic nitrogens is 4. The molecule has 0 spiro atoms.